The monoisotopic (exact) mass is 247 g/mol. The lowest BCUT2D eigenvalue weighted by molar-refractivity contribution is 0.227. The summed E-state index contributed by atoms with van der Waals surface area (Å²) in [6.07, 6.45) is 11.1. The van der Waals surface area contributed by atoms with Crippen molar-refractivity contribution in [3.05, 3.63) is 11.3 Å². The van der Waals surface area contributed by atoms with E-state index >= 15 is 0 Å². The standard InChI is InChI=1S/C15H25N3/c1-16-15-13-10-12(11-6-4-3-5-7-11)8-9-14(13)17-18(15)2/h11-12,16H,3-10H2,1-2H3. The van der Waals surface area contributed by atoms with Gasteiger partial charge in [0.25, 0.3) is 0 Å². The highest BCUT2D eigenvalue weighted by Gasteiger charge is 2.30. The lowest BCUT2D eigenvalue weighted by Crippen LogP contribution is -2.24. The number of nitrogens with zero attached hydrogens (tertiary/aromatic N) is 2. The Hall–Kier alpha value is -0.990. The summed E-state index contributed by atoms with van der Waals surface area (Å²) in [5.74, 6) is 3.14. The molecule has 2 aliphatic rings. The van der Waals surface area contributed by atoms with Crippen molar-refractivity contribution < 1.29 is 0 Å². The molecule has 1 aromatic heterocycles. The van der Waals surface area contributed by atoms with Gasteiger partial charge in [0, 0.05) is 19.7 Å². The molecule has 0 amide bonds. The van der Waals surface area contributed by atoms with Crippen molar-refractivity contribution in [2.75, 3.05) is 12.4 Å². The highest BCUT2D eigenvalue weighted by molar-refractivity contribution is 5.48. The third kappa shape index (κ3) is 2.04. The molecule has 3 heteroatoms. The average molecular weight is 247 g/mol. The summed E-state index contributed by atoms with van der Waals surface area (Å²) in [6, 6.07) is 0. The van der Waals surface area contributed by atoms with Crippen molar-refractivity contribution in [2.24, 2.45) is 18.9 Å². The summed E-state index contributed by atoms with van der Waals surface area (Å²) in [5, 5.41) is 7.98. The Morgan fingerprint density at radius 2 is 1.89 bits per heavy atom. The van der Waals surface area contributed by atoms with E-state index in [0.717, 1.165) is 11.8 Å². The van der Waals surface area contributed by atoms with Crippen LogP contribution in [0.25, 0.3) is 0 Å². The van der Waals surface area contributed by atoms with Gasteiger partial charge in [-0.05, 0) is 31.1 Å². The first-order valence-corrected chi connectivity index (χ1v) is 7.52. The number of fused-ring (bicyclic) bond motifs is 1. The molecule has 100 valence electrons. The molecule has 3 nitrogen and oxygen atoms in total. The van der Waals surface area contributed by atoms with Crippen LogP contribution in [0.5, 0.6) is 0 Å². The van der Waals surface area contributed by atoms with Gasteiger partial charge in [-0.25, -0.2) is 0 Å². The molecule has 0 bridgehead atoms. The van der Waals surface area contributed by atoms with Crippen LogP contribution in [-0.4, -0.2) is 16.8 Å². The highest BCUT2D eigenvalue weighted by atomic mass is 15.3. The second kappa shape index (κ2) is 4.94. The van der Waals surface area contributed by atoms with Gasteiger partial charge in [-0.1, -0.05) is 32.1 Å². The van der Waals surface area contributed by atoms with Crippen LogP contribution in [0.3, 0.4) is 0 Å². The molecular weight excluding hydrogens is 222 g/mol. The minimum atomic E-state index is 0.911. The highest BCUT2D eigenvalue weighted by Crippen LogP contribution is 2.39. The lowest BCUT2D eigenvalue weighted by Gasteiger charge is -2.32. The maximum Gasteiger partial charge on any atom is 0.127 e. The third-order valence-electron chi connectivity index (χ3n) is 5.00. The van der Waals surface area contributed by atoms with Gasteiger partial charge >= 0.3 is 0 Å². The van der Waals surface area contributed by atoms with Gasteiger partial charge in [-0.3, -0.25) is 4.68 Å². The van der Waals surface area contributed by atoms with Crippen molar-refractivity contribution in [3.8, 4) is 0 Å². The second-order valence-corrected chi connectivity index (χ2v) is 6.05. The first kappa shape index (κ1) is 12.1. The van der Waals surface area contributed by atoms with E-state index in [1.54, 1.807) is 0 Å². The summed E-state index contributed by atoms with van der Waals surface area (Å²) in [7, 11) is 4.07. The van der Waals surface area contributed by atoms with Crippen LogP contribution in [0, 0.1) is 11.8 Å². The second-order valence-electron chi connectivity index (χ2n) is 6.05. The average Bonchev–Trinajstić information content (AvgIpc) is 2.74. The summed E-state index contributed by atoms with van der Waals surface area (Å²) in [6.45, 7) is 0. The largest absolute Gasteiger partial charge is 0.373 e. The van der Waals surface area contributed by atoms with Gasteiger partial charge in [-0.2, -0.15) is 5.10 Å². The molecule has 0 radical (unpaired) electrons. The number of aromatic nitrogens is 2. The molecular formula is C15H25N3. The molecule has 0 saturated heterocycles. The van der Waals surface area contributed by atoms with E-state index in [0.29, 0.717) is 0 Å². The van der Waals surface area contributed by atoms with Crippen molar-refractivity contribution in [1.82, 2.24) is 9.78 Å². The summed E-state index contributed by atoms with van der Waals surface area (Å²) >= 11 is 0. The minimum Gasteiger partial charge on any atom is -0.373 e. The number of anilines is 1. The van der Waals surface area contributed by atoms with E-state index in [9.17, 15) is 0 Å². The van der Waals surface area contributed by atoms with E-state index in [4.69, 9.17) is 0 Å². The molecule has 1 heterocycles. The summed E-state index contributed by atoms with van der Waals surface area (Å²) in [4.78, 5) is 0. The molecule has 1 saturated carbocycles. The predicted molar refractivity (Wildman–Crippen MR) is 74.8 cm³/mol. The van der Waals surface area contributed by atoms with E-state index in [-0.39, 0.29) is 0 Å². The number of aryl methyl sites for hydroxylation is 2. The van der Waals surface area contributed by atoms with E-state index in [2.05, 4.69) is 17.5 Å². The van der Waals surface area contributed by atoms with Gasteiger partial charge in [0.1, 0.15) is 5.82 Å². The van der Waals surface area contributed by atoms with E-state index in [1.807, 2.05) is 11.7 Å². The fourth-order valence-electron chi connectivity index (χ4n) is 4.05. The zero-order valence-corrected chi connectivity index (χ0v) is 11.7. The molecule has 2 aliphatic carbocycles. The normalized spacial score (nSPS) is 24.9. The Morgan fingerprint density at radius 1 is 1.11 bits per heavy atom. The molecule has 3 rings (SSSR count). The van der Waals surface area contributed by atoms with Crippen LogP contribution in [0.2, 0.25) is 0 Å². The van der Waals surface area contributed by atoms with Gasteiger partial charge in [0.15, 0.2) is 0 Å². The maximum absolute atomic E-state index is 4.66. The molecule has 1 fully saturated rings. The quantitative estimate of drug-likeness (QED) is 0.870. The lowest BCUT2D eigenvalue weighted by atomic mass is 9.73. The summed E-state index contributed by atoms with van der Waals surface area (Å²) < 4.78 is 2.02. The molecule has 1 N–H and O–H groups in total. The van der Waals surface area contributed by atoms with Crippen LogP contribution < -0.4 is 5.32 Å². The zero-order chi connectivity index (χ0) is 12.5. The number of hydrogen-bond donors (Lipinski definition) is 1. The number of nitrogens with one attached hydrogen (secondary N) is 1. The topological polar surface area (TPSA) is 29.9 Å². The Bertz CT molecular complexity index is 416. The molecule has 1 unspecified atom stereocenters. The van der Waals surface area contributed by atoms with Gasteiger partial charge in [0.2, 0.25) is 0 Å². The number of hydrogen-bond acceptors (Lipinski definition) is 2. The number of rotatable bonds is 2. The molecule has 1 atom stereocenters. The van der Waals surface area contributed by atoms with Gasteiger partial charge in [-0.15, -0.1) is 0 Å². The first-order chi connectivity index (χ1) is 8.79. The first-order valence-electron chi connectivity index (χ1n) is 7.52. The van der Waals surface area contributed by atoms with Crippen LogP contribution in [0.4, 0.5) is 5.82 Å². The Labute approximate surface area is 110 Å². The van der Waals surface area contributed by atoms with E-state index in [1.165, 1.54) is 68.4 Å². The fraction of sp³-hybridized carbons (Fsp3) is 0.800. The van der Waals surface area contributed by atoms with Gasteiger partial charge in [0.05, 0.1) is 5.69 Å². The smallest absolute Gasteiger partial charge is 0.127 e. The predicted octanol–water partition coefficient (Wildman–Crippen LogP) is 3.15. The molecule has 0 aliphatic heterocycles. The maximum atomic E-state index is 4.66. The SMILES string of the molecule is CNc1c2c(nn1C)CCC(C1CCCCC1)C2. The molecule has 0 aromatic carbocycles. The summed E-state index contributed by atoms with van der Waals surface area (Å²) in [5.41, 5.74) is 2.84. The van der Waals surface area contributed by atoms with Crippen molar-refractivity contribution in [3.63, 3.8) is 0 Å². The van der Waals surface area contributed by atoms with Gasteiger partial charge < -0.3 is 5.32 Å². The van der Waals surface area contributed by atoms with Crippen LogP contribution in [-0.2, 0) is 19.9 Å². The fourth-order valence-corrected chi connectivity index (χ4v) is 4.05. The molecule has 1 aromatic rings. The minimum absolute atomic E-state index is 0.911. The Balaban J connectivity index is 1.79. The zero-order valence-electron chi connectivity index (χ0n) is 11.7. The van der Waals surface area contributed by atoms with Crippen molar-refractivity contribution in [2.45, 2.75) is 51.4 Å². The van der Waals surface area contributed by atoms with E-state index < -0.39 is 0 Å². The van der Waals surface area contributed by atoms with Crippen LogP contribution >= 0.6 is 0 Å². The van der Waals surface area contributed by atoms with Crippen LogP contribution in [0.1, 0.15) is 49.8 Å². The Kier molecular flexibility index (Phi) is 3.31. The molecule has 18 heavy (non-hydrogen) atoms. The Morgan fingerprint density at radius 3 is 2.61 bits per heavy atom. The van der Waals surface area contributed by atoms with Crippen molar-refractivity contribution in [1.29, 1.82) is 0 Å². The molecule has 0 spiro atoms. The van der Waals surface area contributed by atoms with Crippen molar-refractivity contribution >= 4 is 5.82 Å². The third-order valence-corrected chi connectivity index (χ3v) is 5.00. The van der Waals surface area contributed by atoms with Crippen LogP contribution in [0.15, 0.2) is 0 Å².